The van der Waals surface area contributed by atoms with Crippen molar-refractivity contribution in [1.82, 2.24) is 0 Å². The summed E-state index contributed by atoms with van der Waals surface area (Å²) in [6.07, 6.45) is 2.14. The highest BCUT2D eigenvalue weighted by atomic mass is 31.2. The van der Waals surface area contributed by atoms with E-state index in [1.165, 1.54) is 32.0 Å². The smallest absolute Gasteiger partial charge is 0.338 e. The van der Waals surface area contributed by atoms with E-state index >= 15 is 0 Å². The molecule has 0 aliphatic heterocycles. The molecule has 25 heavy (non-hydrogen) atoms. The van der Waals surface area contributed by atoms with Gasteiger partial charge in [-0.25, -0.2) is 9.59 Å². The van der Waals surface area contributed by atoms with Gasteiger partial charge >= 0.3 is 11.9 Å². The second kappa shape index (κ2) is 8.82. The maximum atomic E-state index is 13.1. The van der Waals surface area contributed by atoms with Gasteiger partial charge in [-0.1, -0.05) is 26.5 Å². The van der Waals surface area contributed by atoms with Crippen molar-refractivity contribution in [3.63, 3.8) is 0 Å². The van der Waals surface area contributed by atoms with E-state index in [4.69, 9.17) is 9.47 Å². The summed E-state index contributed by atoms with van der Waals surface area (Å²) in [5.41, 5.74) is 0.494. The van der Waals surface area contributed by atoms with Crippen LogP contribution in [0.25, 0.3) is 0 Å². The van der Waals surface area contributed by atoms with Gasteiger partial charge in [0.05, 0.1) is 5.30 Å². The SMILES string of the molecule is C=C(C)C(=O)Oc1ccc(OC(=O)C(=C)C)c(P(C)(=O)CCCC)c1. The molecule has 0 aromatic heterocycles. The molecule has 0 spiro atoms. The number of carbonyl (C=O) groups is 2. The standard InChI is InChI=1S/C19H25O5P/c1-7-8-11-25(6,22)17-12-15(23-18(20)13(2)3)9-10-16(17)24-19(21)14(4)5/h9-10,12H,2,4,7-8,11H2,1,3,5-6H3. The first-order valence-electron chi connectivity index (χ1n) is 8.05. The quantitative estimate of drug-likeness (QED) is 0.301. The number of rotatable bonds is 8. The fourth-order valence-electron chi connectivity index (χ4n) is 1.98. The van der Waals surface area contributed by atoms with Crippen LogP contribution in [0.3, 0.4) is 0 Å². The van der Waals surface area contributed by atoms with Gasteiger partial charge in [-0.2, -0.15) is 0 Å². The van der Waals surface area contributed by atoms with Crippen molar-refractivity contribution in [2.45, 2.75) is 33.6 Å². The molecule has 136 valence electrons. The molecule has 0 aliphatic carbocycles. The Bertz CT molecular complexity index is 748. The largest absolute Gasteiger partial charge is 0.423 e. The second-order valence-electron chi connectivity index (χ2n) is 6.15. The molecule has 6 heteroatoms. The highest BCUT2D eigenvalue weighted by molar-refractivity contribution is 7.71. The molecule has 0 fully saturated rings. The molecule has 0 saturated carbocycles. The summed E-state index contributed by atoms with van der Waals surface area (Å²) < 4.78 is 23.7. The lowest BCUT2D eigenvalue weighted by Crippen LogP contribution is -2.18. The van der Waals surface area contributed by atoms with Gasteiger partial charge in [-0.3, -0.25) is 0 Å². The van der Waals surface area contributed by atoms with Crippen molar-refractivity contribution in [3.8, 4) is 11.5 Å². The van der Waals surface area contributed by atoms with Crippen LogP contribution in [-0.2, 0) is 14.2 Å². The van der Waals surface area contributed by atoms with Crippen LogP contribution in [0.4, 0.5) is 0 Å². The predicted octanol–water partition coefficient (Wildman–Crippen LogP) is 4.07. The number of unbranched alkanes of at least 4 members (excludes halogenated alkanes) is 1. The Morgan fingerprint density at radius 1 is 1.08 bits per heavy atom. The second-order valence-corrected chi connectivity index (χ2v) is 9.28. The van der Waals surface area contributed by atoms with Crippen molar-refractivity contribution < 1.29 is 23.6 Å². The molecule has 0 aliphatic rings. The van der Waals surface area contributed by atoms with Gasteiger partial charge in [0.2, 0.25) is 0 Å². The Balaban J connectivity index is 3.30. The molecular weight excluding hydrogens is 339 g/mol. The third-order valence-corrected chi connectivity index (χ3v) is 6.03. The van der Waals surface area contributed by atoms with E-state index in [1.807, 2.05) is 6.92 Å². The van der Waals surface area contributed by atoms with Gasteiger partial charge in [-0.15, -0.1) is 0 Å². The van der Waals surface area contributed by atoms with Gasteiger partial charge in [-0.05, 0) is 45.1 Å². The van der Waals surface area contributed by atoms with Gasteiger partial charge < -0.3 is 14.0 Å². The minimum atomic E-state index is -2.80. The van der Waals surface area contributed by atoms with Gasteiger partial charge in [0, 0.05) is 17.3 Å². The van der Waals surface area contributed by atoms with Gasteiger partial charge in [0.25, 0.3) is 0 Å². The topological polar surface area (TPSA) is 69.7 Å². The number of hydrogen-bond acceptors (Lipinski definition) is 5. The molecule has 5 nitrogen and oxygen atoms in total. The summed E-state index contributed by atoms with van der Waals surface area (Å²) in [5.74, 6) is -0.734. The molecule has 0 bridgehead atoms. The zero-order chi connectivity index (χ0) is 19.2. The summed E-state index contributed by atoms with van der Waals surface area (Å²) in [6, 6.07) is 4.48. The van der Waals surface area contributed by atoms with E-state index in [9.17, 15) is 14.2 Å². The summed E-state index contributed by atoms with van der Waals surface area (Å²) in [7, 11) is -2.80. The van der Waals surface area contributed by atoms with E-state index < -0.39 is 19.1 Å². The summed E-state index contributed by atoms with van der Waals surface area (Å²) in [4.78, 5) is 23.6. The van der Waals surface area contributed by atoms with Gasteiger partial charge in [0.1, 0.15) is 18.6 Å². The normalized spacial score (nSPS) is 12.8. The lowest BCUT2D eigenvalue weighted by Gasteiger charge is -2.18. The number of carbonyl (C=O) groups excluding carboxylic acids is 2. The fourth-order valence-corrected chi connectivity index (χ4v) is 4.13. The first-order chi connectivity index (χ1) is 11.6. The predicted molar refractivity (Wildman–Crippen MR) is 100 cm³/mol. The van der Waals surface area contributed by atoms with Crippen LogP contribution in [0.1, 0.15) is 33.6 Å². The first-order valence-corrected chi connectivity index (χ1v) is 10.4. The maximum Gasteiger partial charge on any atom is 0.338 e. The van der Waals surface area contributed by atoms with Crippen molar-refractivity contribution in [3.05, 3.63) is 42.5 Å². The van der Waals surface area contributed by atoms with E-state index in [1.54, 1.807) is 6.66 Å². The first kappa shape index (κ1) is 20.9. The van der Waals surface area contributed by atoms with Crippen LogP contribution in [0.2, 0.25) is 0 Å². The molecule has 1 atom stereocenters. The van der Waals surface area contributed by atoms with Crippen molar-refractivity contribution in [1.29, 1.82) is 0 Å². The molecule has 0 N–H and O–H groups in total. The van der Waals surface area contributed by atoms with Crippen molar-refractivity contribution in [2.75, 3.05) is 12.8 Å². The fraction of sp³-hybridized carbons (Fsp3) is 0.368. The summed E-state index contributed by atoms with van der Waals surface area (Å²) >= 11 is 0. The highest BCUT2D eigenvalue weighted by Crippen LogP contribution is 2.45. The Hall–Kier alpha value is -2.13. The molecule has 0 radical (unpaired) electrons. The average Bonchev–Trinajstić information content (AvgIpc) is 2.53. The third-order valence-electron chi connectivity index (χ3n) is 3.49. The molecule has 1 rings (SSSR count). The Labute approximate surface area is 149 Å². The summed E-state index contributed by atoms with van der Waals surface area (Å²) in [6.45, 7) is 13.8. The molecule has 1 unspecified atom stereocenters. The molecule has 0 saturated heterocycles. The third kappa shape index (κ3) is 6.02. The van der Waals surface area contributed by atoms with E-state index in [2.05, 4.69) is 13.2 Å². The number of ether oxygens (including phenoxy) is 2. The Morgan fingerprint density at radius 2 is 1.64 bits per heavy atom. The van der Waals surface area contributed by atoms with Gasteiger partial charge in [0.15, 0.2) is 0 Å². The summed E-state index contributed by atoms with van der Waals surface area (Å²) in [5, 5.41) is 0.377. The molecule has 0 amide bonds. The van der Waals surface area contributed by atoms with Crippen LogP contribution in [-0.4, -0.2) is 24.8 Å². The number of hydrogen-bond donors (Lipinski definition) is 0. The highest BCUT2D eigenvalue weighted by Gasteiger charge is 2.25. The minimum Gasteiger partial charge on any atom is -0.423 e. The zero-order valence-corrected chi connectivity index (χ0v) is 16.2. The molecule has 0 heterocycles. The molecular formula is C19H25O5P. The Kier molecular flexibility index (Phi) is 7.38. The van der Waals surface area contributed by atoms with E-state index in [0.717, 1.165) is 12.8 Å². The van der Waals surface area contributed by atoms with Crippen LogP contribution in [0.15, 0.2) is 42.5 Å². The lowest BCUT2D eigenvalue weighted by atomic mass is 10.3. The van der Waals surface area contributed by atoms with Crippen LogP contribution in [0, 0.1) is 0 Å². The van der Waals surface area contributed by atoms with Crippen LogP contribution < -0.4 is 14.8 Å². The number of benzene rings is 1. The number of esters is 2. The maximum absolute atomic E-state index is 13.1. The van der Waals surface area contributed by atoms with Crippen molar-refractivity contribution >= 4 is 24.4 Å². The monoisotopic (exact) mass is 364 g/mol. The Morgan fingerprint density at radius 3 is 2.16 bits per heavy atom. The average molecular weight is 364 g/mol. The van der Waals surface area contributed by atoms with E-state index in [-0.39, 0.29) is 22.6 Å². The van der Waals surface area contributed by atoms with E-state index in [0.29, 0.717) is 11.5 Å². The zero-order valence-electron chi connectivity index (χ0n) is 15.3. The van der Waals surface area contributed by atoms with Crippen LogP contribution >= 0.6 is 7.14 Å². The molecule has 1 aromatic carbocycles. The molecule has 1 aromatic rings. The van der Waals surface area contributed by atoms with Crippen molar-refractivity contribution in [2.24, 2.45) is 0 Å². The minimum absolute atomic E-state index is 0.199. The van der Waals surface area contributed by atoms with Crippen LogP contribution in [0.5, 0.6) is 11.5 Å². The lowest BCUT2D eigenvalue weighted by molar-refractivity contribution is -0.131.